The van der Waals surface area contributed by atoms with Gasteiger partial charge in [0.05, 0.1) is 11.9 Å². The smallest absolute Gasteiger partial charge is 0.267 e. The van der Waals surface area contributed by atoms with Crippen molar-refractivity contribution in [3.63, 3.8) is 0 Å². The van der Waals surface area contributed by atoms with Crippen LogP contribution in [0.5, 0.6) is 0 Å². The highest BCUT2D eigenvalue weighted by Crippen LogP contribution is 2.10. The molecule has 0 aliphatic rings. The van der Waals surface area contributed by atoms with E-state index >= 15 is 0 Å². The molecule has 1 heterocycles. The first-order chi connectivity index (χ1) is 9.15. The molecule has 0 saturated heterocycles. The van der Waals surface area contributed by atoms with Crippen LogP contribution in [0.2, 0.25) is 5.02 Å². The van der Waals surface area contributed by atoms with Crippen LogP contribution in [0, 0.1) is 6.92 Å². The summed E-state index contributed by atoms with van der Waals surface area (Å²) in [5.41, 5.74) is 4.47. The van der Waals surface area contributed by atoms with Crippen LogP contribution >= 0.6 is 11.6 Å². The fourth-order valence-electron chi connectivity index (χ4n) is 1.49. The van der Waals surface area contributed by atoms with E-state index in [0.29, 0.717) is 16.3 Å². The second-order valence-electron chi connectivity index (χ2n) is 3.91. The van der Waals surface area contributed by atoms with Crippen molar-refractivity contribution in [2.24, 2.45) is 5.10 Å². The van der Waals surface area contributed by atoms with Crippen molar-refractivity contribution < 1.29 is 4.79 Å². The van der Waals surface area contributed by atoms with Crippen LogP contribution in [-0.4, -0.2) is 17.1 Å². The van der Waals surface area contributed by atoms with Crippen molar-refractivity contribution in [3.8, 4) is 0 Å². The first-order valence-electron chi connectivity index (χ1n) is 5.68. The van der Waals surface area contributed by atoms with Gasteiger partial charge in [0.15, 0.2) is 0 Å². The minimum absolute atomic E-state index is 0.314. The zero-order valence-corrected chi connectivity index (χ0v) is 11.1. The van der Waals surface area contributed by atoms with Gasteiger partial charge < -0.3 is 0 Å². The number of rotatable bonds is 3. The Morgan fingerprint density at radius 2 is 2.11 bits per heavy atom. The Labute approximate surface area is 116 Å². The van der Waals surface area contributed by atoms with E-state index in [0.717, 1.165) is 5.69 Å². The Kier molecular flexibility index (Phi) is 4.26. The molecular formula is C14H12ClN3O. The minimum Gasteiger partial charge on any atom is -0.267 e. The second-order valence-corrected chi connectivity index (χ2v) is 4.35. The highest BCUT2D eigenvalue weighted by atomic mass is 35.5. The molecule has 0 spiro atoms. The fourth-order valence-corrected chi connectivity index (χ4v) is 1.68. The lowest BCUT2D eigenvalue weighted by Gasteiger charge is -2.00. The monoisotopic (exact) mass is 273 g/mol. The quantitative estimate of drug-likeness (QED) is 0.691. The van der Waals surface area contributed by atoms with Crippen molar-refractivity contribution in [1.82, 2.24) is 10.4 Å². The summed E-state index contributed by atoms with van der Waals surface area (Å²) in [6.07, 6.45) is 1.50. The molecule has 4 nitrogen and oxygen atoms in total. The lowest BCUT2D eigenvalue weighted by Crippen LogP contribution is -2.17. The Morgan fingerprint density at radius 3 is 2.84 bits per heavy atom. The van der Waals surface area contributed by atoms with Crippen LogP contribution in [-0.2, 0) is 0 Å². The van der Waals surface area contributed by atoms with Crippen molar-refractivity contribution in [2.75, 3.05) is 0 Å². The Balaban J connectivity index is 2.01. The summed E-state index contributed by atoms with van der Waals surface area (Å²) in [7, 11) is 0. The van der Waals surface area contributed by atoms with Gasteiger partial charge >= 0.3 is 0 Å². The van der Waals surface area contributed by atoms with Gasteiger partial charge in [-0.25, -0.2) is 5.43 Å². The summed E-state index contributed by atoms with van der Waals surface area (Å²) < 4.78 is 0. The molecule has 1 aromatic carbocycles. The van der Waals surface area contributed by atoms with Crippen LogP contribution in [0.4, 0.5) is 0 Å². The number of aryl methyl sites for hydroxylation is 1. The van der Waals surface area contributed by atoms with E-state index in [2.05, 4.69) is 15.5 Å². The number of amides is 1. The standard InChI is InChI=1S/C14H12ClN3O/c1-10-4-2-7-13(17-10)9-16-18-14(19)11-5-3-6-12(15)8-11/h2-9H,1H3,(H,18,19)/b16-9-. The maximum atomic E-state index is 11.8. The third kappa shape index (κ3) is 3.89. The molecule has 19 heavy (non-hydrogen) atoms. The van der Waals surface area contributed by atoms with E-state index in [4.69, 9.17) is 11.6 Å². The fraction of sp³-hybridized carbons (Fsp3) is 0.0714. The van der Waals surface area contributed by atoms with E-state index in [9.17, 15) is 4.79 Å². The predicted octanol–water partition coefficient (Wildman–Crippen LogP) is 2.81. The van der Waals surface area contributed by atoms with Crippen LogP contribution in [0.3, 0.4) is 0 Å². The largest absolute Gasteiger partial charge is 0.271 e. The van der Waals surface area contributed by atoms with Gasteiger partial charge in [-0.3, -0.25) is 9.78 Å². The molecule has 5 heteroatoms. The summed E-state index contributed by atoms with van der Waals surface area (Å²) in [6.45, 7) is 1.89. The molecule has 0 aliphatic heterocycles. The highest BCUT2D eigenvalue weighted by molar-refractivity contribution is 6.30. The maximum Gasteiger partial charge on any atom is 0.271 e. The number of hydrogen-bond donors (Lipinski definition) is 1. The van der Waals surface area contributed by atoms with Crippen LogP contribution in [0.1, 0.15) is 21.7 Å². The number of benzene rings is 1. The SMILES string of the molecule is Cc1cccc(/C=N\NC(=O)c2cccc(Cl)c2)n1. The Morgan fingerprint density at radius 1 is 1.32 bits per heavy atom. The van der Waals surface area contributed by atoms with E-state index < -0.39 is 0 Å². The van der Waals surface area contributed by atoms with Gasteiger partial charge in [-0.2, -0.15) is 5.10 Å². The highest BCUT2D eigenvalue weighted by Gasteiger charge is 2.03. The van der Waals surface area contributed by atoms with E-state index in [-0.39, 0.29) is 5.91 Å². The number of aromatic nitrogens is 1. The van der Waals surface area contributed by atoms with Gasteiger partial charge in [-0.15, -0.1) is 0 Å². The third-order valence-corrected chi connectivity index (χ3v) is 2.59. The van der Waals surface area contributed by atoms with Crippen LogP contribution in [0.15, 0.2) is 47.6 Å². The van der Waals surface area contributed by atoms with E-state index in [1.165, 1.54) is 6.21 Å². The normalized spacial score (nSPS) is 10.6. The van der Waals surface area contributed by atoms with Gasteiger partial charge in [0.25, 0.3) is 5.91 Å². The molecule has 96 valence electrons. The number of carbonyl (C=O) groups is 1. The Bertz CT molecular complexity index is 626. The van der Waals surface area contributed by atoms with Gasteiger partial charge in [-0.05, 0) is 37.3 Å². The van der Waals surface area contributed by atoms with E-state index in [1.807, 2.05) is 25.1 Å². The van der Waals surface area contributed by atoms with Gasteiger partial charge in [0.1, 0.15) is 0 Å². The summed E-state index contributed by atoms with van der Waals surface area (Å²) in [5.74, 6) is -0.314. The maximum absolute atomic E-state index is 11.8. The van der Waals surface area contributed by atoms with Gasteiger partial charge in [-0.1, -0.05) is 23.7 Å². The predicted molar refractivity (Wildman–Crippen MR) is 75.5 cm³/mol. The zero-order chi connectivity index (χ0) is 13.7. The molecule has 1 aromatic heterocycles. The summed E-state index contributed by atoms with van der Waals surface area (Å²) >= 11 is 5.81. The number of hydrazone groups is 1. The van der Waals surface area contributed by atoms with Crippen molar-refractivity contribution in [1.29, 1.82) is 0 Å². The first kappa shape index (κ1) is 13.2. The lowest BCUT2D eigenvalue weighted by atomic mass is 10.2. The minimum atomic E-state index is -0.314. The molecule has 1 N–H and O–H groups in total. The molecular weight excluding hydrogens is 262 g/mol. The molecule has 1 amide bonds. The molecule has 0 radical (unpaired) electrons. The summed E-state index contributed by atoms with van der Waals surface area (Å²) in [6, 6.07) is 12.2. The molecule has 0 bridgehead atoms. The molecule has 0 saturated carbocycles. The molecule has 2 rings (SSSR count). The molecule has 0 fully saturated rings. The number of hydrogen-bond acceptors (Lipinski definition) is 3. The van der Waals surface area contributed by atoms with Crippen molar-refractivity contribution >= 4 is 23.7 Å². The lowest BCUT2D eigenvalue weighted by molar-refractivity contribution is 0.0955. The zero-order valence-electron chi connectivity index (χ0n) is 10.3. The van der Waals surface area contributed by atoms with Crippen molar-refractivity contribution in [2.45, 2.75) is 6.92 Å². The number of pyridine rings is 1. The van der Waals surface area contributed by atoms with Gasteiger partial charge in [0.2, 0.25) is 0 Å². The summed E-state index contributed by atoms with van der Waals surface area (Å²) in [4.78, 5) is 16.0. The molecule has 2 aromatic rings. The number of nitrogens with zero attached hydrogens (tertiary/aromatic N) is 2. The third-order valence-electron chi connectivity index (χ3n) is 2.36. The van der Waals surface area contributed by atoms with Crippen molar-refractivity contribution in [3.05, 3.63) is 64.4 Å². The average Bonchev–Trinajstić information content (AvgIpc) is 2.38. The Hall–Kier alpha value is -2.20. The average molecular weight is 274 g/mol. The first-order valence-corrected chi connectivity index (χ1v) is 6.05. The molecule has 0 atom stereocenters. The van der Waals surface area contributed by atoms with Crippen LogP contribution in [0.25, 0.3) is 0 Å². The number of nitrogens with one attached hydrogen (secondary N) is 1. The molecule has 0 unspecified atom stereocenters. The second kappa shape index (κ2) is 6.11. The molecule has 0 aliphatic carbocycles. The topological polar surface area (TPSA) is 54.4 Å². The summed E-state index contributed by atoms with van der Waals surface area (Å²) in [5, 5.41) is 4.37. The van der Waals surface area contributed by atoms with Crippen LogP contribution < -0.4 is 5.43 Å². The van der Waals surface area contributed by atoms with Gasteiger partial charge in [0, 0.05) is 16.3 Å². The number of carbonyl (C=O) groups excluding carboxylic acids is 1. The van der Waals surface area contributed by atoms with E-state index in [1.54, 1.807) is 24.3 Å². The number of halogens is 1.